The van der Waals surface area contributed by atoms with Crippen LogP contribution in [0.15, 0.2) is 33.3 Å². The molecule has 0 saturated carbocycles. The highest BCUT2D eigenvalue weighted by atomic mass is 35.5. The zero-order chi connectivity index (χ0) is 16.8. The van der Waals surface area contributed by atoms with Crippen LogP contribution in [0.25, 0.3) is 10.2 Å². The molecule has 0 aromatic carbocycles. The van der Waals surface area contributed by atoms with E-state index in [9.17, 15) is 22.8 Å². The molecule has 3 aromatic rings. The smallest absolute Gasteiger partial charge is 0.308 e. The van der Waals surface area contributed by atoms with E-state index in [0.717, 1.165) is 4.57 Å². The predicted octanol–water partition coefficient (Wildman–Crippen LogP) is 2.87. The third-order valence-electron chi connectivity index (χ3n) is 3.05. The number of pyridine rings is 1. The number of aromatic nitrogens is 3. The number of H-pyrrole nitrogens is 1. The van der Waals surface area contributed by atoms with Crippen LogP contribution >= 0.6 is 22.9 Å². The van der Waals surface area contributed by atoms with E-state index in [4.69, 9.17) is 11.6 Å². The monoisotopic (exact) mass is 361 g/mol. The normalized spacial score (nSPS) is 12.0. The zero-order valence-corrected chi connectivity index (χ0v) is 12.7. The minimum Gasteiger partial charge on any atom is -0.308 e. The average Bonchev–Trinajstić information content (AvgIpc) is 2.91. The Morgan fingerprint density at radius 2 is 2.09 bits per heavy atom. The maximum absolute atomic E-state index is 12.8. The SMILES string of the molecule is O=c1[nH]c(Cn2cc(C(F)(F)F)cc(Cl)c2=O)nc2ccsc12. The van der Waals surface area contributed by atoms with Gasteiger partial charge in [-0.15, -0.1) is 11.3 Å². The number of rotatable bonds is 2. The topological polar surface area (TPSA) is 67.8 Å². The molecule has 0 aliphatic carbocycles. The Labute approximate surface area is 135 Å². The van der Waals surface area contributed by atoms with E-state index < -0.39 is 27.9 Å². The summed E-state index contributed by atoms with van der Waals surface area (Å²) in [5, 5.41) is 1.11. The number of fused-ring (bicyclic) bond motifs is 1. The van der Waals surface area contributed by atoms with Crippen LogP contribution in [0.2, 0.25) is 5.02 Å². The molecule has 23 heavy (non-hydrogen) atoms. The van der Waals surface area contributed by atoms with Gasteiger partial charge in [-0.25, -0.2) is 4.98 Å². The summed E-state index contributed by atoms with van der Waals surface area (Å²) in [6.07, 6.45) is -4.00. The van der Waals surface area contributed by atoms with Gasteiger partial charge in [-0.1, -0.05) is 11.6 Å². The fourth-order valence-electron chi connectivity index (χ4n) is 2.03. The maximum atomic E-state index is 12.8. The second-order valence-corrected chi connectivity index (χ2v) is 5.98. The zero-order valence-electron chi connectivity index (χ0n) is 11.1. The van der Waals surface area contributed by atoms with Crippen LogP contribution in [0, 0.1) is 0 Å². The Bertz CT molecular complexity index is 1010. The van der Waals surface area contributed by atoms with Crippen LogP contribution in [0.1, 0.15) is 11.4 Å². The van der Waals surface area contributed by atoms with Gasteiger partial charge in [0, 0.05) is 6.20 Å². The van der Waals surface area contributed by atoms with E-state index >= 15 is 0 Å². The molecule has 0 radical (unpaired) electrons. The molecular formula is C13H7ClF3N3O2S. The molecule has 0 saturated heterocycles. The Morgan fingerprint density at radius 3 is 2.78 bits per heavy atom. The van der Waals surface area contributed by atoms with Gasteiger partial charge in [-0.05, 0) is 17.5 Å². The molecule has 1 N–H and O–H groups in total. The molecule has 0 bridgehead atoms. The van der Waals surface area contributed by atoms with Crippen molar-refractivity contribution in [3.05, 3.63) is 60.8 Å². The second-order valence-electron chi connectivity index (χ2n) is 4.66. The first-order chi connectivity index (χ1) is 10.8. The summed E-state index contributed by atoms with van der Waals surface area (Å²) in [5.74, 6) is 0.0680. The second kappa shape index (κ2) is 5.50. The van der Waals surface area contributed by atoms with Crippen LogP contribution in [0.5, 0.6) is 0 Å². The number of aromatic amines is 1. The molecule has 120 valence electrons. The summed E-state index contributed by atoms with van der Waals surface area (Å²) in [4.78, 5) is 30.3. The molecule has 0 amide bonds. The van der Waals surface area contributed by atoms with Crippen molar-refractivity contribution in [1.82, 2.24) is 14.5 Å². The van der Waals surface area contributed by atoms with Crippen LogP contribution in [-0.2, 0) is 12.7 Å². The van der Waals surface area contributed by atoms with Gasteiger partial charge in [0.05, 0.1) is 17.6 Å². The molecule has 3 aromatic heterocycles. The summed E-state index contributed by atoms with van der Waals surface area (Å²) in [6.45, 7) is -0.330. The summed E-state index contributed by atoms with van der Waals surface area (Å²) in [6, 6.07) is 2.18. The third kappa shape index (κ3) is 3.02. The van der Waals surface area contributed by atoms with Crippen molar-refractivity contribution in [2.24, 2.45) is 0 Å². The number of nitrogens with one attached hydrogen (secondary N) is 1. The van der Waals surface area contributed by atoms with Gasteiger partial charge in [0.15, 0.2) is 0 Å². The van der Waals surface area contributed by atoms with Gasteiger partial charge in [0.2, 0.25) is 0 Å². The fraction of sp³-hybridized carbons (Fsp3) is 0.154. The van der Waals surface area contributed by atoms with Crippen molar-refractivity contribution >= 4 is 33.2 Å². The van der Waals surface area contributed by atoms with Crippen molar-refractivity contribution in [3.8, 4) is 0 Å². The first-order valence-corrected chi connectivity index (χ1v) is 7.45. The largest absolute Gasteiger partial charge is 0.417 e. The van der Waals surface area contributed by atoms with E-state index in [2.05, 4.69) is 9.97 Å². The number of alkyl halides is 3. The average molecular weight is 362 g/mol. The van der Waals surface area contributed by atoms with Crippen LogP contribution in [0.3, 0.4) is 0 Å². The Morgan fingerprint density at radius 1 is 1.35 bits per heavy atom. The van der Waals surface area contributed by atoms with Gasteiger partial charge < -0.3 is 9.55 Å². The third-order valence-corrected chi connectivity index (χ3v) is 4.23. The maximum Gasteiger partial charge on any atom is 0.417 e. The molecule has 0 aliphatic rings. The first-order valence-electron chi connectivity index (χ1n) is 6.19. The summed E-state index contributed by atoms with van der Waals surface area (Å²) < 4.78 is 39.6. The minimum atomic E-state index is -4.64. The number of hydrogen-bond acceptors (Lipinski definition) is 4. The highest BCUT2D eigenvalue weighted by Gasteiger charge is 2.32. The molecule has 0 aliphatic heterocycles. The van der Waals surface area contributed by atoms with Gasteiger partial charge >= 0.3 is 6.18 Å². The van der Waals surface area contributed by atoms with Crippen molar-refractivity contribution in [2.75, 3.05) is 0 Å². The number of halogens is 4. The standard InChI is InChI=1S/C13H7ClF3N3O2S/c14-7-3-6(13(15,16)17)4-20(12(7)22)5-9-18-8-1-2-23-10(8)11(21)19-9/h1-4H,5H2,(H,18,19,21). The van der Waals surface area contributed by atoms with Gasteiger partial charge in [-0.2, -0.15) is 13.2 Å². The van der Waals surface area contributed by atoms with E-state index in [1.54, 1.807) is 11.4 Å². The Kier molecular flexibility index (Phi) is 3.77. The first kappa shape index (κ1) is 15.8. The Hall–Kier alpha value is -2.13. The molecule has 0 atom stereocenters. The molecule has 0 spiro atoms. The van der Waals surface area contributed by atoms with E-state index in [0.29, 0.717) is 22.5 Å². The van der Waals surface area contributed by atoms with Crippen molar-refractivity contribution < 1.29 is 13.2 Å². The van der Waals surface area contributed by atoms with Gasteiger partial charge in [0.25, 0.3) is 11.1 Å². The Balaban J connectivity index is 2.09. The lowest BCUT2D eigenvalue weighted by Gasteiger charge is -2.11. The lowest BCUT2D eigenvalue weighted by atomic mass is 10.2. The van der Waals surface area contributed by atoms with Gasteiger partial charge in [-0.3, -0.25) is 9.59 Å². The summed E-state index contributed by atoms with van der Waals surface area (Å²) in [7, 11) is 0. The van der Waals surface area contributed by atoms with E-state index in [1.807, 2.05) is 0 Å². The quantitative estimate of drug-likeness (QED) is 0.763. The molecule has 3 rings (SSSR count). The molecule has 0 fully saturated rings. The highest BCUT2D eigenvalue weighted by molar-refractivity contribution is 7.17. The summed E-state index contributed by atoms with van der Waals surface area (Å²) in [5.41, 5.74) is -1.85. The van der Waals surface area contributed by atoms with Crippen LogP contribution in [-0.4, -0.2) is 14.5 Å². The molecular weight excluding hydrogens is 355 g/mol. The number of hydrogen-bond donors (Lipinski definition) is 1. The fourth-order valence-corrected chi connectivity index (χ4v) is 2.98. The van der Waals surface area contributed by atoms with Gasteiger partial charge in [0.1, 0.15) is 15.5 Å². The van der Waals surface area contributed by atoms with Crippen LogP contribution in [0.4, 0.5) is 13.2 Å². The molecule has 0 unspecified atom stereocenters. The number of nitrogens with zero attached hydrogens (tertiary/aromatic N) is 2. The van der Waals surface area contributed by atoms with Crippen molar-refractivity contribution in [1.29, 1.82) is 0 Å². The minimum absolute atomic E-state index is 0.0680. The molecule has 10 heteroatoms. The van der Waals surface area contributed by atoms with E-state index in [1.165, 1.54) is 11.3 Å². The highest BCUT2D eigenvalue weighted by Crippen LogP contribution is 2.29. The van der Waals surface area contributed by atoms with E-state index in [-0.39, 0.29) is 12.4 Å². The summed E-state index contributed by atoms with van der Waals surface area (Å²) >= 11 is 6.77. The number of thiophene rings is 1. The van der Waals surface area contributed by atoms with Crippen molar-refractivity contribution in [2.45, 2.75) is 12.7 Å². The molecule has 5 nitrogen and oxygen atoms in total. The lowest BCUT2D eigenvalue weighted by molar-refractivity contribution is -0.138. The predicted molar refractivity (Wildman–Crippen MR) is 80.1 cm³/mol. The van der Waals surface area contributed by atoms with Crippen molar-refractivity contribution in [3.63, 3.8) is 0 Å². The lowest BCUT2D eigenvalue weighted by Crippen LogP contribution is -2.25. The van der Waals surface area contributed by atoms with Crippen LogP contribution < -0.4 is 11.1 Å². The molecule has 3 heterocycles.